The van der Waals surface area contributed by atoms with Crippen LogP contribution in [-0.2, 0) is 16.1 Å². The van der Waals surface area contributed by atoms with E-state index >= 15 is 0 Å². The van der Waals surface area contributed by atoms with Gasteiger partial charge in [-0.2, -0.15) is 0 Å². The number of nitrogens with one attached hydrogen (secondary N) is 2. The molecule has 1 unspecified atom stereocenters. The molecule has 1 saturated carbocycles. The number of imide groups is 1. The summed E-state index contributed by atoms with van der Waals surface area (Å²) in [5.74, 6) is -1.79. The van der Waals surface area contributed by atoms with E-state index in [2.05, 4.69) is 10.6 Å². The Kier molecular flexibility index (Phi) is 5.99. The van der Waals surface area contributed by atoms with Crippen LogP contribution >= 0.6 is 23.2 Å². The molecule has 0 spiro atoms. The fourth-order valence-electron chi connectivity index (χ4n) is 3.86. The summed E-state index contributed by atoms with van der Waals surface area (Å²) < 4.78 is 0. The summed E-state index contributed by atoms with van der Waals surface area (Å²) in [4.78, 5) is 63.0. The van der Waals surface area contributed by atoms with E-state index in [9.17, 15) is 24.0 Å². The number of fused-ring (bicyclic) bond motifs is 1. The second-order valence-corrected chi connectivity index (χ2v) is 8.31. The fraction of sp³-hybridized carbons (Fsp3) is 0.227. The average molecular weight is 474 g/mol. The number of amides is 4. The van der Waals surface area contributed by atoms with Gasteiger partial charge in [0.05, 0.1) is 33.6 Å². The standard InChI is InChI=1S/C22H17Cl2N3O5/c23-15-6-4-12(8-16(15)24)26-22(32)25-10-11-2-1-3-14-19(11)21(31)27(20(14)30)17-7-5-13(28)9-18(17)29/h1-4,6,8,17H,5,7,9-10H2,(H2,25,26,32). The molecule has 0 bridgehead atoms. The van der Waals surface area contributed by atoms with Gasteiger partial charge >= 0.3 is 6.03 Å². The van der Waals surface area contributed by atoms with E-state index < -0.39 is 29.7 Å². The predicted molar refractivity (Wildman–Crippen MR) is 117 cm³/mol. The van der Waals surface area contributed by atoms with Crippen molar-refractivity contribution in [3.63, 3.8) is 0 Å². The Morgan fingerprint density at radius 1 is 1.03 bits per heavy atom. The van der Waals surface area contributed by atoms with Gasteiger partial charge in [0, 0.05) is 18.7 Å². The number of nitrogens with zero attached hydrogens (tertiary/aromatic N) is 1. The fourth-order valence-corrected chi connectivity index (χ4v) is 4.16. The third-order valence-electron chi connectivity index (χ3n) is 5.40. The molecule has 4 rings (SSSR count). The first-order valence-electron chi connectivity index (χ1n) is 9.80. The van der Waals surface area contributed by atoms with Crippen molar-refractivity contribution in [1.29, 1.82) is 0 Å². The van der Waals surface area contributed by atoms with Crippen LogP contribution in [0.15, 0.2) is 36.4 Å². The Balaban J connectivity index is 1.49. The molecule has 2 N–H and O–H groups in total. The highest BCUT2D eigenvalue weighted by atomic mass is 35.5. The lowest BCUT2D eigenvalue weighted by Gasteiger charge is -2.27. The second kappa shape index (κ2) is 8.72. The molecule has 2 aromatic rings. The van der Waals surface area contributed by atoms with Crippen molar-refractivity contribution >= 4 is 58.3 Å². The van der Waals surface area contributed by atoms with E-state index in [4.69, 9.17) is 23.2 Å². The largest absolute Gasteiger partial charge is 0.334 e. The number of rotatable bonds is 4. The lowest BCUT2D eigenvalue weighted by molar-refractivity contribution is -0.132. The summed E-state index contributed by atoms with van der Waals surface area (Å²) in [6.45, 7) is -0.0275. The van der Waals surface area contributed by atoms with E-state index in [1.165, 1.54) is 12.1 Å². The van der Waals surface area contributed by atoms with Crippen molar-refractivity contribution in [2.45, 2.75) is 31.8 Å². The Hall–Kier alpha value is -3.23. The van der Waals surface area contributed by atoms with E-state index in [0.29, 0.717) is 16.3 Å². The van der Waals surface area contributed by atoms with Crippen LogP contribution in [0.3, 0.4) is 0 Å². The second-order valence-electron chi connectivity index (χ2n) is 7.49. The van der Waals surface area contributed by atoms with Crippen molar-refractivity contribution in [3.8, 4) is 0 Å². The highest BCUT2D eigenvalue weighted by molar-refractivity contribution is 6.42. The summed E-state index contributed by atoms with van der Waals surface area (Å²) in [6, 6.07) is 7.87. The quantitative estimate of drug-likeness (QED) is 0.520. The Labute approximate surface area is 192 Å². The van der Waals surface area contributed by atoms with Crippen LogP contribution in [0.1, 0.15) is 45.5 Å². The first-order chi connectivity index (χ1) is 15.3. The zero-order chi connectivity index (χ0) is 23.0. The molecule has 0 saturated heterocycles. The number of carbonyl (C=O) groups is 5. The van der Waals surface area contributed by atoms with Gasteiger partial charge in [-0.05, 0) is 36.2 Å². The number of urea groups is 1. The molecule has 4 amide bonds. The van der Waals surface area contributed by atoms with Gasteiger partial charge in [0.15, 0.2) is 5.78 Å². The Morgan fingerprint density at radius 3 is 2.53 bits per heavy atom. The van der Waals surface area contributed by atoms with Crippen molar-refractivity contribution in [2.75, 3.05) is 5.32 Å². The maximum Gasteiger partial charge on any atom is 0.319 e. The third-order valence-corrected chi connectivity index (χ3v) is 6.14. The zero-order valence-corrected chi connectivity index (χ0v) is 18.1. The van der Waals surface area contributed by atoms with Crippen molar-refractivity contribution < 1.29 is 24.0 Å². The first-order valence-corrected chi connectivity index (χ1v) is 10.6. The topological polar surface area (TPSA) is 113 Å². The maximum atomic E-state index is 13.1. The van der Waals surface area contributed by atoms with Gasteiger partial charge in [-0.25, -0.2) is 4.79 Å². The average Bonchev–Trinajstić information content (AvgIpc) is 3.00. The summed E-state index contributed by atoms with van der Waals surface area (Å²) in [5, 5.41) is 5.88. The highest BCUT2D eigenvalue weighted by Crippen LogP contribution is 2.31. The van der Waals surface area contributed by atoms with Gasteiger partial charge < -0.3 is 10.6 Å². The van der Waals surface area contributed by atoms with Crippen LogP contribution in [0.2, 0.25) is 10.0 Å². The molecule has 8 nitrogen and oxygen atoms in total. The molecular weight excluding hydrogens is 457 g/mol. The molecule has 1 heterocycles. The van der Waals surface area contributed by atoms with Crippen molar-refractivity contribution in [3.05, 3.63) is 63.1 Å². The van der Waals surface area contributed by atoms with Crippen LogP contribution in [0.4, 0.5) is 10.5 Å². The Bertz CT molecular complexity index is 1180. The van der Waals surface area contributed by atoms with Gasteiger partial charge in [0.2, 0.25) is 0 Å². The summed E-state index contributed by atoms with van der Waals surface area (Å²) in [5.41, 5.74) is 1.19. The molecule has 1 aliphatic carbocycles. The van der Waals surface area contributed by atoms with Gasteiger partial charge in [0.1, 0.15) is 5.78 Å². The number of ketones is 2. The number of halogens is 2. The Morgan fingerprint density at radius 2 is 1.81 bits per heavy atom. The van der Waals surface area contributed by atoms with Crippen molar-refractivity contribution in [1.82, 2.24) is 10.2 Å². The number of carbonyl (C=O) groups excluding carboxylic acids is 5. The number of anilines is 1. The van der Waals surface area contributed by atoms with Crippen molar-refractivity contribution in [2.24, 2.45) is 0 Å². The first kappa shape index (κ1) is 22.0. The number of hydrogen-bond acceptors (Lipinski definition) is 5. The molecule has 2 aromatic carbocycles. The van der Waals surface area contributed by atoms with Crippen LogP contribution in [0, 0.1) is 0 Å². The van der Waals surface area contributed by atoms with Gasteiger partial charge in [-0.3, -0.25) is 24.1 Å². The molecule has 1 atom stereocenters. The van der Waals surface area contributed by atoms with Gasteiger partial charge in [-0.1, -0.05) is 35.3 Å². The molecule has 0 radical (unpaired) electrons. The number of Topliss-reactive ketones (excluding diaryl/α,β-unsaturated/α-hetero) is 2. The molecule has 0 aromatic heterocycles. The lowest BCUT2D eigenvalue weighted by Crippen LogP contribution is -2.47. The third kappa shape index (κ3) is 4.11. The SMILES string of the molecule is O=C1CCC(N2C(=O)c3cccc(CNC(=O)Nc4ccc(Cl)c(Cl)c4)c3C2=O)C(=O)C1. The number of benzene rings is 2. The van der Waals surface area contributed by atoms with Crippen LogP contribution < -0.4 is 10.6 Å². The van der Waals surface area contributed by atoms with Crippen LogP contribution in [0.25, 0.3) is 0 Å². The van der Waals surface area contributed by atoms with Gasteiger partial charge in [0.25, 0.3) is 11.8 Å². The monoisotopic (exact) mass is 473 g/mol. The van der Waals surface area contributed by atoms with Crippen LogP contribution in [0.5, 0.6) is 0 Å². The minimum atomic E-state index is -0.945. The molecule has 32 heavy (non-hydrogen) atoms. The lowest BCUT2D eigenvalue weighted by atomic mass is 9.92. The molecule has 164 valence electrons. The highest BCUT2D eigenvalue weighted by Gasteiger charge is 2.45. The van der Waals surface area contributed by atoms with E-state index in [-0.39, 0.29) is 47.7 Å². The number of hydrogen-bond donors (Lipinski definition) is 2. The molecular formula is C22H17Cl2N3O5. The molecule has 1 aliphatic heterocycles. The predicted octanol–water partition coefficient (Wildman–Crippen LogP) is 3.60. The summed E-state index contributed by atoms with van der Waals surface area (Å²) in [7, 11) is 0. The van der Waals surface area contributed by atoms with Gasteiger partial charge in [-0.15, -0.1) is 0 Å². The van der Waals surface area contributed by atoms with E-state index in [1.54, 1.807) is 24.3 Å². The molecule has 10 heteroatoms. The smallest absolute Gasteiger partial charge is 0.319 e. The van der Waals surface area contributed by atoms with E-state index in [0.717, 1.165) is 4.90 Å². The zero-order valence-electron chi connectivity index (χ0n) is 16.6. The normalized spacial score (nSPS) is 18.1. The minimum Gasteiger partial charge on any atom is -0.334 e. The van der Waals surface area contributed by atoms with E-state index in [1.807, 2.05) is 0 Å². The minimum absolute atomic E-state index is 0.0275. The summed E-state index contributed by atoms with van der Waals surface area (Å²) >= 11 is 11.8. The molecule has 2 aliphatic rings. The van der Waals surface area contributed by atoms with Crippen LogP contribution in [-0.4, -0.2) is 40.4 Å². The molecule has 1 fully saturated rings. The maximum absolute atomic E-state index is 13.1. The summed E-state index contributed by atoms with van der Waals surface area (Å²) in [6.07, 6.45) is -0.00272.